The summed E-state index contributed by atoms with van der Waals surface area (Å²) in [6, 6.07) is 6.00. The summed E-state index contributed by atoms with van der Waals surface area (Å²) in [5.74, 6) is -0.237. The molecular formula is C17H11Cl3N2OS2. The number of aromatic nitrogens is 1. The Balaban J connectivity index is 1.79. The van der Waals surface area contributed by atoms with Gasteiger partial charge < -0.3 is 4.90 Å². The fraction of sp³-hybridized carbons (Fsp3) is 0.176. The van der Waals surface area contributed by atoms with Crippen molar-refractivity contribution in [2.45, 2.75) is 12.5 Å². The molecule has 1 amide bonds. The minimum atomic E-state index is -0.237. The molecule has 4 rings (SSSR count). The quantitative estimate of drug-likeness (QED) is 0.504. The largest absolute Gasteiger partial charge is 0.325 e. The molecule has 128 valence electrons. The first-order valence-electron chi connectivity index (χ1n) is 7.48. The lowest BCUT2D eigenvalue weighted by Crippen LogP contribution is -2.40. The van der Waals surface area contributed by atoms with Crippen molar-refractivity contribution in [1.82, 2.24) is 9.88 Å². The standard InChI is InChI=1S/C17H11Cl3N2OS2/c18-10-8-21-15(14(20)13(10)19)17(23)22-5-3-11-9(4-7-25-11)16(22)12-2-1-6-24-12/h1-2,4,6-8,16H,3,5H2. The van der Waals surface area contributed by atoms with E-state index in [1.165, 1.54) is 16.6 Å². The van der Waals surface area contributed by atoms with Crippen LogP contribution in [0.5, 0.6) is 0 Å². The molecule has 0 radical (unpaired) electrons. The van der Waals surface area contributed by atoms with E-state index in [1.54, 1.807) is 22.7 Å². The van der Waals surface area contributed by atoms with Gasteiger partial charge in [0.25, 0.3) is 5.91 Å². The van der Waals surface area contributed by atoms with E-state index in [4.69, 9.17) is 34.8 Å². The summed E-state index contributed by atoms with van der Waals surface area (Å²) in [4.78, 5) is 21.6. The number of thiophene rings is 2. The van der Waals surface area contributed by atoms with Crippen molar-refractivity contribution in [3.05, 3.63) is 71.2 Å². The lowest BCUT2D eigenvalue weighted by atomic mass is 9.98. The molecule has 1 atom stereocenters. The second kappa shape index (κ2) is 6.89. The normalized spacial score (nSPS) is 16.8. The van der Waals surface area contributed by atoms with Gasteiger partial charge in [0, 0.05) is 22.5 Å². The van der Waals surface area contributed by atoms with Gasteiger partial charge in [-0.1, -0.05) is 40.9 Å². The second-order valence-corrected chi connectivity index (χ2v) is 8.69. The van der Waals surface area contributed by atoms with Crippen LogP contribution in [0, 0.1) is 0 Å². The zero-order chi connectivity index (χ0) is 17.6. The Morgan fingerprint density at radius 3 is 2.76 bits per heavy atom. The SMILES string of the molecule is O=C(c1ncc(Cl)c(Cl)c1Cl)N1CCc2sccc2C1c1cccs1. The highest BCUT2D eigenvalue weighted by atomic mass is 35.5. The molecular weight excluding hydrogens is 419 g/mol. The highest BCUT2D eigenvalue weighted by Gasteiger charge is 2.35. The second-order valence-electron chi connectivity index (χ2n) is 5.55. The molecule has 0 fully saturated rings. The Morgan fingerprint density at radius 1 is 1.16 bits per heavy atom. The minimum Gasteiger partial charge on any atom is -0.325 e. The maximum atomic E-state index is 13.2. The molecule has 25 heavy (non-hydrogen) atoms. The van der Waals surface area contributed by atoms with Crippen LogP contribution in [-0.2, 0) is 6.42 Å². The van der Waals surface area contributed by atoms with E-state index in [-0.39, 0.29) is 32.7 Å². The molecule has 1 aliphatic heterocycles. The number of carbonyl (C=O) groups excluding carboxylic acids is 1. The smallest absolute Gasteiger partial charge is 0.274 e. The summed E-state index contributed by atoms with van der Waals surface area (Å²) in [5, 5.41) is 4.58. The predicted molar refractivity (Wildman–Crippen MR) is 104 cm³/mol. The molecule has 3 nitrogen and oxygen atoms in total. The lowest BCUT2D eigenvalue weighted by Gasteiger charge is -2.35. The molecule has 0 saturated carbocycles. The van der Waals surface area contributed by atoms with E-state index < -0.39 is 0 Å². The number of nitrogens with zero attached hydrogens (tertiary/aromatic N) is 2. The summed E-state index contributed by atoms with van der Waals surface area (Å²) in [7, 11) is 0. The van der Waals surface area contributed by atoms with Crippen molar-refractivity contribution in [2.75, 3.05) is 6.54 Å². The molecule has 1 aliphatic rings. The molecule has 4 heterocycles. The van der Waals surface area contributed by atoms with E-state index in [1.807, 2.05) is 22.4 Å². The van der Waals surface area contributed by atoms with Gasteiger partial charge in [0.2, 0.25) is 0 Å². The fourth-order valence-electron chi connectivity index (χ4n) is 3.02. The number of hydrogen-bond donors (Lipinski definition) is 0. The maximum Gasteiger partial charge on any atom is 0.274 e. The van der Waals surface area contributed by atoms with Gasteiger partial charge in [0.1, 0.15) is 5.69 Å². The first kappa shape index (κ1) is 17.3. The van der Waals surface area contributed by atoms with Gasteiger partial charge in [0.05, 0.1) is 21.1 Å². The van der Waals surface area contributed by atoms with Gasteiger partial charge in [-0.15, -0.1) is 22.7 Å². The molecule has 1 unspecified atom stereocenters. The number of rotatable bonds is 2. The maximum absolute atomic E-state index is 13.2. The van der Waals surface area contributed by atoms with Crippen LogP contribution in [0.25, 0.3) is 0 Å². The first-order valence-corrected chi connectivity index (χ1v) is 10.4. The summed E-state index contributed by atoms with van der Waals surface area (Å²) in [6.07, 6.45) is 2.18. The molecule has 0 aliphatic carbocycles. The van der Waals surface area contributed by atoms with E-state index in [9.17, 15) is 4.79 Å². The topological polar surface area (TPSA) is 33.2 Å². The van der Waals surface area contributed by atoms with E-state index in [2.05, 4.69) is 16.4 Å². The third kappa shape index (κ3) is 2.98. The fourth-order valence-corrected chi connectivity index (χ4v) is 5.34. The number of pyridine rings is 1. The average Bonchev–Trinajstić information content (AvgIpc) is 3.29. The van der Waals surface area contributed by atoms with Crippen LogP contribution in [0.1, 0.15) is 31.8 Å². The zero-order valence-electron chi connectivity index (χ0n) is 12.7. The van der Waals surface area contributed by atoms with Crippen LogP contribution in [0.4, 0.5) is 0 Å². The van der Waals surface area contributed by atoms with Gasteiger partial charge in [-0.3, -0.25) is 4.79 Å². The number of fused-ring (bicyclic) bond motifs is 1. The highest BCUT2D eigenvalue weighted by Crippen LogP contribution is 2.41. The minimum absolute atomic E-state index is 0.0974. The Bertz CT molecular complexity index is 940. The van der Waals surface area contributed by atoms with Crippen molar-refractivity contribution in [3.8, 4) is 0 Å². The Morgan fingerprint density at radius 2 is 2.00 bits per heavy atom. The molecule has 0 spiro atoms. The number of carbonyl (C=O) groups is 1. The van der Waals surface area contributed by atoms with Gasteiger partial charge in [-0.05, 0) is 34.9 Å². The number of amides is 1. The van der Waals surface area contributed by atoms with Crippen molar-refractivity contribution in [1.29, 1.82) is 0 Å². The Kier molecular flexibility index (Phi) is 4.77. The summed E-state index contributed by atoms with van der Waals surface area (Å²) < 4.78 is 0. The summed E-state index contributed by atoms with van der Waals surface area (Å²) >= 11 is 21.6. The van der Waals surface area contributed by atoms with Crippen LogP contribution >= 0.6 is 57.5 Å². The van der Waals surface area contributed by atoms with Crippen LogP contribution in [0.2, 0.25) is 15.1 Å². The Labute approximate surface area is 167 Å². The van der Waals surface area contributed by atoms with Gasteiger partial charge in [-0.25, -0.2) is 4.98 Å². The number of hydrogen-bond acceptors (Lipinski definition) is 4. The Hall–Kier alpha value is -1.11. The van der Waals surface area contributed by atoms with Crippen LogP contribution in [0.3, 0.4) is 0 Å². The third-order valence-electron chi connectivity index (χ3n) is 4.16. The highest BCUT2D eigenvalue weighted by molar-refractivity contribution is 7.10. The number of halogens is 3. The molecule has 0 saturated heterocycles. The van der Waals surface area contributed by atoms with Crippen LogP contribution < -0.4 is 0 Å². The predicted octanol–water partition coefficient (Wildman–Crippen LogP) is 5.95. The first-order chi connectivity index (χ1) is 12.1. The molecule has 8 heteroatoms. The van der Waals surface area contributed by atoms with Crippen LogP contribution in [0.15, 0.2) is 35.2 Å². The van der Waals surface area contributed by atoms with Gasteiger partial charge in [0.15, 0.2) is 0 Å². The van der Waals surface area contributed by atoms with E-state index in [0.717, 1.165) is 11.3 Å². The lowest BCUT2D eigenvalue weighted by molar-refractivity contribution is 0.0693. The van der Waals surface area contributed by atoms with Gasteiger partial charge in [-0.2, -0.15) is 0 Å². The van der Waals surface area contributed by atoms with Crippen molar-refractivity contribution in [3.63, 3.8) is 0 Å². The van der Waals surface area contributed by atoms with Crippen molar-refractivity contribution < 1.29 is 4.79 Å². The summed E-state index contributed by atoms with van der Waals surface area (Å²) in [5.41, 5.74) is 1.31. The average molecular weight is 430 g/mol. The molecule has 0 N–H and O–H groups in total. The van der Waals surface area contributed by atoms with Gasteiger partial charge >= 0.3 is 0 Å². The zero-order valence-corrected chi connectivity index (χ0v) is 16.6. The molecule has 3 aromatic heterocycles. The molecule has 0 aromatic carbocycles. The van der Waals surface area contributed by atoms with Crippen molar-refractivity contribution in [2.24, 2.45) is 0 Å². The van der Waals surface area contributed by atoms with Crippen molar-refractivity contribution >= 4 is 63.4 Å². The van der Waals surface area contributed by atoms with Crippen LogP contribution in [-0.4, -0.2) is 22.3 Å². The molecule has 0 bridgehead atoms. The third-order valence-corrected chi connectivity index (χ3v) is 7.32. The monoisotopic (exact) mass is 428 g/mol. The van der Waals surface area contributed by atoms with E-state index in [0.29, 0.717) is 6.54 Å². The molecule has 3 aromatic rings. The van der Waals surface area contributed by atoms with E-state index >= 15 is 0 Å². The summed E-state index contributed by atoms with van der Waals surface area (Å²) in [6.45, 7) is 0.604.